The zero-order valence-electron chi connectivity index (χ0n) is 18.6. The van der Waals surface area contributed by atoms with Gasteiger partial charge in [0.25, 0.3) is 0 Å². The third-order valence-corrected chi connectivity index (χ3v) is 7.66. The van der Waals surface area contributed by atoms with Gasteiger partial charge in [0.1, 0.15) is 10.7 Å². The van der Waals surface area contributed by atoms with Crippen molar-refractivity contribution in [3.05, 3.63) is 23.4 Å². The zero-order valence-corrected chi connectivity index (χ0v) is 19.4. The summed E-state index contributed by atoms with van der Waals surface area (Å²) >= 11 is 1.67. The Labute approximate surface area is 186 Å². The monoisotopic (exact) mass is 441 g/mol. The Balaban J connectivity index is 1.36. The van der Waals surface area contributed by atoms with Crippen LogP contribution in [0.15, 0.2) is 12.1 Å². The van der Waals surface area contributed by atoms with Crippen LogP contribution in [-0.4, -0.2) is 65.4 Å². The first-order valence-corrected chi connectivity index (χ1v) is 12.0. The van der Waals surface area contributed by atoms with Gasteiger partial charge >= 0.3 is 0 Å². The number of aromatic nitrogens is 3. The standard InChI is InChI=1S/C23H31N5O2S/c1-4-28(20(29)14-27-7-9-30-10-8-27)21-12-16-19(31-21)11-17(24-16)22-15-5-6-23(2,3)13-18(15)25-26-22/h11-12,24H,4-10,13-14H2,1-3H3,(H,25,26). The van der Waals surface area contributed by atoms with Gasteiger partial charge in [0.05, 0.1) is 35.7 Å². The number of rotatable bonds is 5. The van der Waals surface area contributed by atoms with E-state index in [1.54, 1.807) is 11.3 Å². The quantitative estimate of drug-likeness (QED) is 0.631. The fourth-order valence-electron chi connectivity index (χ4n) is 4.73. The van der Waals surface area contributed by atoms with E-state index < -0.39 is 0 Å². The average molecular weight is 442 g/mol. The number of hydrogen-bond donors (Lipinski definition) is 2. The molecule has 0 spiro atoms. The second-order valence-corrected chi connectivity index (χ2v) is 10.5. The summed E-state index contributed by atoms with van der Waals surface area (Å²) < 4.78 is 6.56. The van der Waals surface area contributed by atoms with Gasteiger partial charge < -0.3 is 14.6 Å². The molecule has 2 aliphatic rings. The maximum absolute atomic E-state index is 12.9. The molecular weight excluding hydrogens is 410 g/mol. The SMILES string of the molecule is CCN(C(=O)CN1CCOCC1)c1cc2[nH]c(-c3n[nH]c4c3CCC(C)(C)C4)cc2s1. The lowest BCUT2D eigenvalue weighted by Crippen LogP contribution is -2.44. The molecule has 1 aliphatic heterocycles. The Hall–Kier alpha value is -2.16. The number of anilines is 1. The first kappa shape index (κ1) is 20.7. The number of amides is 1. The first-order chi connectivity index (χ1) is 14.9. The number of aromatic amines is 2. The van der Waals surface area contributed by atoms with Crippen LogP contribution in [0.3, 0.4) is 0 Å². The Kier molecular flexibility index (Phi) is 5.40. The molecule has 7 nitrogen and oxygen atoms in total. The Morgan fingerprint density at radius 2 is 2.13 bits per heavy atom. The van der Waals surface area contributed by atoms with Gasteiger partial charge in [-0.25, -0.2) is 0 Å². The maximum Gasteiger partial charge on any atom is 0.241 e. The summed E-state index contributed by atoms with van der Waals surface area (Å²) in [6.07, 6.45) is 3.29. The van der Waals surface area contributed by atoms with E-state index in [4.69, 9.17) is 4.74 Å². The summed E-state index contributed by atoms with van der Waals surface area (Å²) in [5, 5.41) is 8.92. The van der Waals surface area contributed by atoms with Crippen molar-refractivity contribution in [2.75, 3.05) is 44.3 Å². The molecule has 0 aromatic carbocycles. The minimum absolute atomic E-state index is 0.150. The molecule has 4 heterocycles. The number of ether oxygens (including phenoxy) is 1. The number of thiophene rings is 1. The molecule has 31 heavy (non-hydrogen) atoms. The van der Waals surface area contributed by atoms with Crippen molar-refractivity contribution < 1.29 is 9.53 Å². The number of likely N-dealkylation sites (N-methyl/N-ethyl adjacent to an activating group) is 1. The number of nitrogens with one attached hydrogen (secondary N) is 2. The number of hydrogen-bond acceptors (Lipinski definition) is 5. The van der Waals surface area contributed by atoms with Crippen molar-refractivity contribution in [1.82, 2.24) is 20.1 Å². The van der Waals surface area contributed by atoms with Gasteiger partial charge in [-0.1, -0.05) is 13.8 Å². The molecule has 1 fully saturated rings. The highest BCUT2D eigenvalue weighted by Crippen LogP contribution is 2.40. The molecule has 2 N–H and O–H groups in total. The van der Waals surface area contributed by atoms with Crippen molar-refractivity contribution in [3.8, 4) is 11.4 Å². The molecule has 0 bridgehead atoms. The highest BCUT2D eigenvalue weighted by atomic mass is 32.1. The Morgan fingerprint density at radius 1 is 1.32 bits per heavy atom. The lowest BCUT2D eigenvalue weighted by Gasteiger charge is -2.29. The van der Waals surface area contributed by atoms with Crippen LogP contribution in [0.4, 0.5) is 5.00 Å². The average Bonchev–Trinajstić information content (AvgIpc) is 3.41. The normalized spacial score (nSPS) is 18.9. The van der Waals surface area contributed by atoms with Crippen molar-refractivity contribution >= 4 is 32.5 Å². The number of nitrogens with zero attached hydrogens (tertiary/aromatic N) is 3. The van der Waals surface area contributed by atoms with Gasteiger partial charge in [-0.05, 0) is 43.7 Å². The highest BCUT2D eigenvalue weighted by molar-refractivity contribution is 7.23. The van der Waals surface area contributed by atoms with Crippen LogP contribution in [0.25, 0.3) is 21.6 Å². The second kappa shape index (κ2) is 8.07. The van der Waals surface area contributed by atoms with Crippen LogP contribution in [0.5, 0.6) is 0 Å². The van der Waals surface area contributed by atoms with Gasteiger partial charge in [-0.2, -0.15) is 5.10 Å². The molecule has 1 saturated heterocycles. The lowest BCUT2D eigenvalue weighted by molar-refractivity contribution is -0.120. The van der Waals surface area contributed by atoms with E-state index in [0.717, 1.165) is 52.5 Å². The van der Waals surface area contributed by atoms with Gasteiger partial charge in [-0.3, -0.25) is 14.8 Å². The van der Waals surface area contributed by atoms with Crippen LogP contribution >= 0.6 is 11.3 Å². The molecule has 3 aromatic heterocycles. The van der Waals surface area contributed by atoms with Crippen molar-refractivity contribution in [3.63, 3.8) is 0 Å². The molecule has 8 heteroatoms. The molecular formula is C23H31N5O2S. The topological polar surface area (TPSA) is 77.2 Å². The van der Waals surface area contributed by atoms with E-state index in [2.05, 4.69) is 46.1 Å². The summed E-state index contributed by atoms with van der Waals surface area (Å²) in [5.74, 6) is 0.150. The Bertz CT molecular complexity index is 1060. The second-order valence-electron chi connectivity index (χ2n) is 9.44. The van der Waals surface area contributed by atoms with Crippen LogP contribution in [0, 0.1) is 5.41 Å². The molecule has 0 radical (unpaired) electrons. The van der Waals surface area contributed by atoms with Crippen LogP contribution in [-0.2, 0) is 22.4 Å². The summed E-state index contributed by atoms with van der Waals surface area (Å²) in [6, 6.07) is 4.28. The van der Waals surface area contributed by atoms with Crippen molar-refractivity contribution in [2.24, 2.45) is 5.41 Å². The van der Waals surface area contributed by atoms with Crippen LogP contribution in [0.2, 0.25) is 0 Å². The van der Waals surface area contributed by atoms with Gasteiger partial charge in [0.2, 0.25) is 5.91 Å². The minimum atomic E-state index is 0.150. The van der Waals surface area contributed by atoms with E-state index in [1.165, 1.54) is 17.7 Å². The van der Waals surface area contributed by atoms with E-state index in [0.29, 0.717) is 31.7 Å². The largest absolute Gasteiger partial charge is 0.379 e. The summed E-state index contributed by atoms with van der Waals surface area (Å²) in [5.41, 5.74) is 6.14. The third-order valence-electron chi connectivity index (χ3n) is 6.55. The molecule has 166 valence electrons. The predicted octanol–water partition coefficient (Wildman–Crippen LogP) is 3.82. The number of H-pyrrole nitrogens is 2. The molecule has 0 saturated carbocycles. The first-order valence-electron chi connectivity index (χ1n) is 11.2. The smallest absolute Gasteiger partial charge is 0.241 e. The molecule has 1 aliphatic carbocycles. The molecule has 3 aromatic rings. The van der Waals surface area contributed by atoms with Crippen LogP contribution in [0.1, 0.15) is 38.4 Å². The number of morpholine rings is 1. The summed E-state index contributed by atoms with van der Waals surface area (Å²) in [7, 11) is 0. The molecule has 5 rings (SSSR count). The van der Waals surface area contributed by atoms with Crippen LogP contribution < -0.4 is 4.90 Å². The number of fused-ring (bicyclic) bond motifs is 2. The van der Waals surface area contributed by atoms with E-state index in [9.17, 15) is 4.79 Å². The van der Waals surface area contributed by atoms with E-state index in [-0.39, 0.29) is 5.91 Å². The van der Waals surface area contributed by atoms with Crippen molar-refractivity contribution in [2.45, 2.75) is 40.0 Å². The minimum Gasteiger partial charge on any atom is -0.379 e. The highest BCUT2D eigenvalue weighted by Gasteiger charge is 2.29. The molecule has 0 unspecified atom stereocenters. The van der Waals surface area contributed by atoms with E-state index in [1.807, 2.05) is 11.8 Å². The third kappa shape index (κ3) is 4.04. The van der Waals surface area contributed by atoms with Crippen molar-refractivity contribution in [1.29, 1.82) is 0 Å². The molecule has 0 atom stereocenters. The van der Waals surface area contributed by atoms with Gasteiger partial charge in [0.15, 0.2) is 0 Å². The predicted molar refractivity (Wildman–Crippen MR) is 125 cm³/mol. The lowest BCUT2D eigenvalue weighted by atomic mass is 9.76. The molecule has 1 amide bonds. The fraction of sp³-hybridized carbons (Fsp3) is 0.565. The zero-order chi connectivity index (χ0) is 21.6. The van der Waals surface area contributed by atoms with Gasteiger partial charge in [-0.15, -0.1) is 11.3 Å². The maximum atomic E-state index is 12.9. The number of carbonyl (C=O) groups excluding carboxylic acids is 1. The van der Waals surface area contributed by atoms with E-state index >= 15 is 0 Å². The number of carbonyl (C=O) groups is 1. The Morgan fingerprint density at radius 3 is 2.87 bits per heavy atom. The summed E-state index contributed by atoms with van der Waals surface area (Å²) in [6.45, 7) is 10.9. The summed E-state index contributed by atoms with van der Waals surface area (Å²) in [4.78, 5) is 20.6. The fourth-order valence-corrected chi connectivity index (χ4v) is 5.87. The van der Waals surface area contributed by atoms with Gasteiger partial charge in [0, 0.05) is 30.9 Å².